The van der Waals surface area contributed by atoms with Crippen LogP contribution >= 0.6 is 11.6 Å². The number of carboxylic acids is 1. The fraction of sp³-hybridized carbons (Fsp3) is 0.500. The van der Waals surface area contributed by atoms with Gasteiger partial charge in [0.2, 0.25) is 0 Å². The average Bonchev–Trinajstić information content (AvgIpc) is 2.37. The highest BCUT2D eigenvalue weighted by Crippen LogP contribution is 2.25. The lowest BCUT2D eigenvalue weighted by atomic mass is 9.93. The van der Waals surface area contributed by atoms with Gasteiger partial charge in [-0.2, -0.15) is 0 Å². The van der Waals surface area contributed by atoms with Crippen molar-refractivity contribution < 1.29 is 14.3 Å². The van der Waals surface area contributed by atoms with Crippen LogP contribution in [0.1, 0.15) is 24.8 Å². The molecule has 1 aliphatic heterocycles. The van der Waals surface area contributed by atoms with E-state index in [1.54, 1.807) is 6.07 Å². The number of halogens is 2. The minimum absolute atomic E-state index is 0.190. The Hall–Kier alpha value is -1.13. The molecule has 2 rings (SSSR count). The van der Waals surface area contributed by atoms with Gasteiger partial charge in [0.1, 0.15) is 5.82 Å². The second-order valence-electron chi connectivity index (χ2n) is 5.03. The zero-order chi connectivity index (χ0) is 13.8. The molecule has 104 valence electrons. The smallest absolute Gasteiger partial charge is 0.303 e. The van der Waals surface area contributed by atoms with Gasteiger partial charge in [-0.1, -0.05) is 23.7 Å². The highest BCUT2D eigenvalue weighted by atomic mass is 35.5. The molecular weight excluding hydrogens is 269 g/mol. The number of piperidine rings is 1. The maximum absolute atomic E-state index is 13.3. The van der Waals surface area contributed by atoms with E-state index in [1.807, 2.05) is 6.07 Å². The molecule has 0 saturated carbocycles. The Labute approximate surface area is 117 Å². The molecule has 0 radical (unpaired) electrons. The lowest BCUT2D eigenvalue weighted by Crippen LogP contribution is -2.34. The summed E-state index contributed by atoms with van der Waals surface area (Å²) in [4.78, 5) is 12.8. The molecule has 0 aliphatic carbocycles. The van der Waals surface area contributed by atoms with Crippen molar-refractivity contribution in [3.63, 3.8) is 0 Å². The molecule has 0 atom stereocenters. The maximum atomic E-state index is 13.3. The number of hydrogen-bond donors (Lipinski definition) is 1. The van der Waals surface area contributed by atoms with E-state index in [0.717, 1.165) is 31.5 Å². The van der Waals surface area contributed by atoms with Gasteiger partial charge in [-0.15, -0.1) is 0 Å². The summed E-state index contributed by atoms with van der Waals surface area (Å²) in [6.07, 6.45) is 1.99. The quantitative estimate of drug-likeness (QED) is 0.924. The molecular formula is C14H17ClFNO2. The van der Waals surface area contributed by atoms with Gasteiger partial charge >= 0.3 is 5.97 Å². The van der Waals surface area contributed by atoms with E-state index in [4.69, 9.17) is 16.7 Å². The minimum Gasteiger partial charge on any atom is -0.481 e. The Kier molecular flexibility index (Phi) is 4.77. The van der Waals surface area contributed by atoms with E-state index in [0.29, 0.717) is 6.54 Å². The van der Waals surface area contributed by atoms with E-state index in [9.17, 15) is 9.18 Å². The Morgan fingerprint density at radius 1 is 1.42 bits per heavy atom. The second-order valence-corrected chi connectivity index (χ2v) is 5.41. The van der Waals surface area contributed by atoms with Gasteiger partial charge in [0.05, 0.1) is 5.02 Å². The third-order valence-corrected chi connectivity index (χ3v) is 4.02. The SMILES string of the molecule is O=C(O)CC1CCN(Cc2cccc(F)c2Cl)CC1. The Balaban J connectivity index is 1.89. The number of likely N-dealkylation sites (tertiary alicyclic amines) is 1. The van der Waals surface area contributed by atoms with Crippen molar-refractivity contribution >= 4 is 17.6 Å². The predicted octanol–water partition coefficient (Wildman–Crippen LogP) is 3.17. The lowest BCUT2D eigenvalue weighted by Gasteiger charge is -2.31. The summed E-state index contributed by atoms with van der Waals surface area (Å²) in [6.45, 7) is 2.30. The van der Waals surface area contributed by atoms with Crippen LogP contribution in [0.5, 0.6) is 0 Å². The van der Waals surface area contributed by atoms with Crippen LogP contribution < -0.4 is 0 Å². The summed E-state index contributed by atoms with van der Waals surface area (Å²) in [5.41, 5.74) is 0.790. The molecule has 1 aromatic rings. The molecule has 3 nitrogen and oxygen atoms in total. The molecule has 0 unspecified atom stereocenters. The molecule has 1 aromatic carbocycles. The van der Waals surface area contributed by atoms with Gasteiger partial charge in [-0.3, -0.25) is 9.69 Å². The Bertz CT molecular complexity index is 459. The first-order valence-corrected chi connectivity index (χ1v) is 6.81. The van der Waals surface area contributed by atoms with Crippen LogP contribution in [0.25, 0.3) is 0 Å². The molecule has 5 heteroatoms. The molecule has 1 aliphatic rings. The first-order chi connectivity index (χ1) is 9.06. The summed E-state index contributed by atoms with van der Waals surface area (Å²) < 4.78 is 13.3. The fourth-order valence-electron chi connectivity index (χ4n) is 2.51. The Morgan fingerprint density at radius 2 is 2.11 bits per heavy atom. The van der Waals surface area contributed by atoms with Crippen molar-refractivity contribution in [1.29, 1.82) is 0 Å². The van der Waals surface area contributed by atoms with Crippen molar-refractivity contribution in [2.45, 2.75) is 25.8 Å². The van der Waals surface area contributed by atoms with Crippen LogP contribution in [0.2, 0.25) is 5.02 Å². The topological polar surface area (TPSA) is 40.5 Å². The van der Waals surface area contributed by atoms with Gasteiger partial charge < -0.3 is 5.11 Å². The molecule has 1 saturated heterocycles. The van der Waals surface area contributed by atoms with Crippen molar-refractivity contribution in [2.24, 2.45) is 5.92 Å². The van der Waals surface area contributed by atoms with Gasteiger partial charge in [0.25, 0.3) is 0 Å². The number of benzene rings is 1. The average molecular weight is 286 g/mol. The number of carboxylic acid groups (broad SMARTS) is 1. The summed E-state index contributed by atoms with van der Waals surface area (Å²) in [5.74, 6) is -0.858. The molecule has 1 N–H and O–H groups in total. The Morgan fingerprint density at radius 3 is 2.74 bits per heavy atom. The number of nitrogens with zero attached hydrogens (tertiary/aromatic N) is 1. The molecule has 0 aromatic heterocycles. The minimum atomic E-state index is -0.730. The number of aliphatic carboxylic acids is 1. The third kappa shape index (κ3) is 3.91. The van der Waals surface area contributed by atoms with Crippen LogP contribution in [-0.4, -0.2) is 29.1 Å². The highest BCUT2D eigenvalue weighted by Gasteiger charge is 2.21. The number of rotatable bonds is 4. The van der Waals surface area contributed by atoms with Gasteiger partial charge in [0, 0.05) is 13.0 Å². The van der Waals surface area contributed by atoms with Crippen LogP contribution in [0, 0.1) is 11.7 Å². The third-order valence-electron chi connectivity index (χ3n) is 3.60. The van der Waals surface area contributed by atoms with Crippen LogP contribution in [0.3, 0.4) is 0 Å². The fourth-order valence-corrected chi connectivity index (χ4v) is 2.69. The molecule has 19 heavy (non-hydrogen) atoms. The van der Waals surface area contributed by atoms with Crippen molar-refractivity contribution in [3.8, 4) is 0 Å². The number of hydrogen-bond acceptors (Lipinski definition) is 2. The summed E-state index contributed by atoms with van der Waals surface area (Å²) >= 11 is 5.93. The van der Waals surface area contributed by atoms with E-state index in [-0.39, 0.29) is 23.2 Å². The molecule has 0 spiro atoms. The lowest BCUT2D eigenvalue weighted by molar-refractivity contribution is -0.138. The summed E-state index contributed by atoms with van der Waals surface area (Å²) in [7, 11) is 0. The zero-order valence-corrected chi connectivity index (χ0v) is 11.4. The predicted molar refractivity (Wildman–Crippen MR) is 71.7 cm³/mol. The highest BCUT2D eigenvalue weighted by molar-refractivity contribution is 6.31. The van der Waals surface area contributed by atoms with Gasteiger partial charge in [-0.05, 0) is 43.5 Å². The van der Waals surface area contributed by atoms with E-state index >= 15 is 0 Å². The van der Waals surface area contributed by atoms with E-state index in [1.165, 1.54) is 6.07 Å². The van der Waals surface area contributed by atoms with E-state index < -0.39 is 5.97 Å². The largest absolute Gasteiger partial charge is 0.481 e. The van der Waals surface area contributed by atoms with Crippen LogP contribution in [-0.2, 0) is 11.3 Å². The molecule has 0 bridgehead atoms. The molecule has 1 fully saturated rings. The summed E-state index contributed by atoms with van der Waals surface area (Å²) in [5, 5.41) is 8.95. The molecule has 0 amide bonds. The molecule has 1 heterocycles. The number of carbonyl (C=O) groups is 1. The van der Waals surface area contributed by atoms with Gasteiger partial charge in [-0.25, -0.2) is 4.39 Å². The first-order valence-electron chi connectivity index (χ1n) is 6.43. The standard InChI is InChI=1S/C14H17ClFNO2/c15-14-11(2-1-3-12(14)16)9-17-6-4-10(5-7-17)8-13(18)19/h1-3,10H,4-9H2,(H,18,19). The van der Waals surface area contributed by atoms with Crippen molar-refractivity contribution in [3.05, 3.63) is 34.6 Å². The summed E-state index contributed by atoms with van der Waals surface area (Å²) in [6, 6.07) is 4.84. The second kappa shape index (κ2) is 6.35. The van der Waals surface area contributed by atoms with Gasteiger partial charge in [0.15, 0.2) is 0 Å². The zero-order valence-electron chi connectivity index (χ0n) is 10.6. The van der Waals surface area contributed by atoms with Crippen molar-refractivity contribution in [1.82, 2.24) is 4.90 Å². The first kappa shape index (κ1) is 14.3. The van der Waals surface area contributed by atoms with Crippen LogP contribution in [0.15, 0.2) is 18.2 Å². The maximum Gasteiger partial charge on any atom is 0.303 e. The van der Waals surface area contributed by atoms with Crippen LogP contribution in [0.4, 0.5) is 4.39 Å². The monoisotopic (exact) mass is 285 g/mol. The van der Waals surface area contributed by atoms with E-state index in [2.05, 4.69) is 4.90 Å². The van der Waals surface area contributed by atoms with Crippen molar-refractivity contribution in [2.75, 3.05) is 13.1 Å². The normalized spacial score (nSPS) is 17.6.